The molecule has 2 aromatic carbocycles. The average molecular weight is 268 g/mol. The number of hydrogen-bond donors (Lipinski definition) is 1. The van der Waals surface area contributed by atoms with Crippen molar-refractivity contribution in [1.82, 2.24) is 0 Å². The van der Waals surface area contributed by atoms with Crippen LogP contribution in [0.5, 0.6) is 0 Å². The lowest BCUT2D eigenvalue weighted by Gasteiger charge is -2.22. The molecule has 0 radical (unpaired) electrons. The van der Waals surface area contributed by atoms with Gasteiger partial charge in [0, 0.05) is 36.4 Å². The van der Waals surface area contributed by atoms with Crippen LogP contribution < -0.4 is 10.6 Å². The minimum atomic E-state index is 0.152. The highest BCUT2D eigenvalue weighted by molar-refractivity contribution is 5.96. The Kier molecular flexibility index (Phi) is 4.77. The fraction of sp³-hybridized carbons (Fsp3) is 0.235. The smallest absolute Gasteiger partial charge is 0.164 e. The van der Waals surface area contributed by atoms with Crippen molar-refractivity contribution in [1.29, 1.82) is 0 Å². The van der Waals surface area contributed by atoms with Gasteiger partial charge in [0.05, 0.1) is 0 Å². The van der Waals surface area contributed by atoms with E-state index in [1.807, 2.05) is 18.2 Å². The highest BCUT2D eigenvalue weighted by Gasteiger charge is 2.09. The Morgan fingerprint density at radius 3 is 2.30 bits per heavy atom. The van der Waals surface area contributed by atoms with E-state index in [0.29, 0.717) is 12.1 Å². The van der Waals surface area contributed by atoms with E-state index in [9.17, 15) is 4.79 Å². The van der Waals surface area contributed by atoms with E-state index in [0.717, 1.165) is 24.3 Å². The zero-order valence-electron chi connectivity index (χ0n) is 11.8. The summed E-state index contributed by atoms with van der Waals surface area (Å²) in [4.78, 5) is 14.3. The molecule has 0 aliphatic carbocycles. The summed E-state index contributed by atoms with van der Waals surface area (Å²) in [7, 11) is 0. The molecule has 0 aliphatic heterocycles. The van der Waals surface area contributed by atoms with E-state index >= 15 is 0 Å². The Morgan fingerprint density at radius 2 is 1.70 bits per heavy atom. The van der Waals surface area contributed by atoms with Crippen molar-refractivity contribution in [2.24, 2.45) is 0 Å². The van der Waals surface area contributed by atoms with Crippen LogP contribution >= 0.6 is 0 Å². The Balaban J connectivity index is 1.96. The molecule has 0 bridgehead atoms. The van der Waals surface area contributed by atoms with Crippen molar-refractivity contribution in [3.63, 3.8) is 0 Å². The van der Waals surface area contributed by atoms with Crippen molar-refractivity contribution in [2.45, 2.75) is 13.3 Å². The van der Waals surface area contributed by atoms with Crippen LogP contribution in [0.1, 0.15) is 23.7 Å². The number of nitrogens with zero attached hydrogens (tertiary/aromatic N) is 1. The third-order valence-corrected chi connectivity index (χ3v) is 3.34. The van der Waals surface area contributed by atoms with Gasteiger partial charge in [-0.2, -0.15) is 0 Å². The van der Waals surface area contributed by atoms with Crippen LogP contribution in [0.25, 0.3) is 0 Å². The van der Waals surface area contributed by atoms with Gasteiger partial charge < -0.3 is 10.6 Å². The molecule has 0 saturated heterocycles. The molecule has 0 amide bonds. The van der Waals surface area contributed by atoms with Crippen LogP contribution in [0.15, 0.2) is 54.6 Å². The van der Waals surface area contributed by atoms with Crippen LogP contribution in [0.2, 0.25) is 0 Å². The van der Waals surface area contributed by atoms with Gasteiger partial charge in [-0.05, 0) is 43.3 Å². The van der Waals surface area contributed by atoms with E-state index in [-0.39, 0.29) is 5.78 Å². The molecule has 0 saturated carbocycles. The molecule has 0 unspecified atom stereocenters. The average Bonchev–Trinajstić information content (AvgIpc) is 2.49. The van der Waals surface area contributed by atoms with E-state index in [1.54, 1.807) is 24.3 Å². The molecule has 0 aliphatic rings. The Morgan fingerprint density at radius 1 is 1.05 bits per heavy atom. The van der Waals surface area contributed by atoms with E-state index in [2.05, 4.69) is 24.0 Å². The molecule has 0 heterocycles. The Labute approximate surface area is 120 Å². The van der Waals surface area contributed by atoms with Gasteiger partial charge in [-0.15, -0.1) is 0 Å². The number of para-hydroxylation sites is 1. The topological polar surface area (TPSA) is 46.3 Å². The van der Waals surface area contributed by atoms with E-state index in [4.69, 9.17) is 5.73 Å². The van der Waals surface area contributed by atoms with Gasteiger partial charge in [0.25, 0.3) is 0 Å². The maximum Gasteiger partial charge on any atom is 0.164 e. The molecular formula is C17H20N2O. The van der Waals surface area contributed by atoms with Crippen molar-refractivity contribution < 1.29 is 4.79 Å². The Bertz CT molecular complexity index is 549. The highest BCUT2D eigenvalue weighted by Crippen LogP contribution is 2.14. The number of nitrogen functional groups attached to an aromatic ring is 1. The molecule has 3 heteroatoms. The Hall–Kier alpha value is -2.29. The number of benzene rings is 2. The van der Waals surface area contributed by atoms with Crippen LogP contribution in [0.4, 0.5) is 11.4 Å². The first-order chi connectivity index (χ1) is 9.70. The minimum Gasteiger partial charge on any atom is -0.399 e. The lowest BCUT2D eigenvalue weighted by molar-refractivity contribution is 0.0984. The summed E-state index contributed by atoms with van der Waals surface area (Å²) >= 11 is 0. The van der Waals surface area contributed by atoms with E-state index < -0.39 is 0 Å². The number of carbonyl (C=O) groups is 1. The summed E-state index contributed by atoms with van der Waals surface area (Å²) in [6, 6.07) is 17.3. The molecule has 2 rings (SSSR count). The fourth-order valence-corrected chi connectivity index (χ4v) is 2.16. The molecule has 0 atom stereocenters. The van der Waals surface area contributed by atoms with Crippen LogP contribution in [0, 0.1) is 0 Å². The normalized spacial score (nSPS) is 10.2. The number of anilines is 2. The number of nitrogens with two attached hydrogens (primary N) is 1. The molecule has 0 spiro atoms. The minimum absolute atomic E-state index is 0.152. The highest BCUT2D eigenvalue weighted by atomic mass is 16.1. The second-order valence-corrected chi connectivity index (χ2v) is 4.71. The van der Waals surface area contributed by atoms with Crippen molar-refractivity contribution >= 4 is 17.2 Å². The first-order valence-corrected chi connectivity index (χ1v) is 6.89. The standard InChI is InChI=1S/C17H20N2O/c1-2-19(16-6-4-3-5-7-16)13-12-17(20)14-8-10-15(18)11-9-14/h3-11H,2,12-13,18H2,1H3. The first-order valence-electron chi connectivity index (χ1n) is 6.89. The van der Waals surface area contributed by atoms with Gasteiger partial charge in [-0.1, -0.05) is 18.2 Å². The van der Waals surface area contributed by atoms with E-state index in [1.165, 1.54) is 0 Å². The maximum absolute atomic E-state index is 12.1. The summed E-state index contributed by atoms with van der Waals surface area (Å²) in [5.41, 5.74) is 8.19. The fourth-order valence-electron chi connectivity index (χ4n) is 2.16. The third kappa shape index (κ3) is 3.60. The number of Topliss-reactive ketones (excluding diaryl/α,β-unsaturated/α-hetero) is 1. The lowest BCUT2D eigenvalue weighted by atomic mass is 10.1. The largest absolute Gasteiger partial charge is 0.399 e. The van der Waals surface area contributed by atoms with Crippen molar-refractivity contribution in [3.05, 3.63) is 60.2 Å². The maximum atomic E-state index is 12.1. The quantitative estimate of drug-likeness (QED) is 0.645. The molecule has 0 aromatic heterocycles. The van der Waals surface area contributed by atoms with Gasteiger partial charge in [0.1, 0.15) is 0 Å². The van der Waals surface area contributed by atoms with Crippen molar-refractivity contribution in [2.75, 3.05) is 23.7 Å². The predicted molar refractivity (Wildman–Crippen MR) is 84.1 cm³/mol. The van der Waals surface area contributed by atoms with Gasteiger partial charge in [-0.25, -0.2) is 0 Å². The summed E-state index contributed by atoms with van der Waals surface area (Å²) in [6.07, 6.45) is 0.507. The van der Waals surface area contributed by atoms with Gasteiger partial charge in [-0.3, -0.25) is 4.79 Å². The van der Waals surface area contributed by atoms with Crippen LogP contribution in [0.3, 0.4) is 0 Å². The molecule has 20 heavy (non-hydrogen) atoms. The molecular weight excluding hydrogens is 248 g/mol. The number of ketones is 1. The lowest BCUT2D eigenvalue weighted by Crippen LogP contribution is -2.25. The first kappa shape index (κ1) is 14.1. The summed E-state index contributed by atoms with van der Waals surface area (Å²) < 4.78 is 0. The molecule has 2 N–H and O–H groups in total. The summed E-state index contributed by atoms with van der Waals surface area (Å²) in [6.45, 7) is 3.71. The van der Waals surface area contributed by atoms with Crippen LogP contribution in [-0.4, -0.2) is 18.9 Å². The van der Waals surface area contributed by atoms with Crippen molar-refractivity contribution in [3.8, 4) is 0 Å². The SMILES string of the molecule is CCN(CCC(=O)c1ccc(N)cc1)c1ccccc1. The third-order valence-electron chi connectivity index (χ3n) is 3.34. The number of carbonyl (C=O) groups excluding carboxylic acids is 1. The summed E-state index contributed by atoms with van der Waals surface area (Å²) in [5, 5.41) is 0. The van der Waals surface area contributed by atoms with Gasteiger partial charge >= 0.3 is 0 Å². The number of hydrogen-bond acceptors (Lipinski definition) is 3. The zero-order valence-corrected chi connectivity index (χ0v) is 11.8. The van der Waals surface area contributed by atoms with Crippen LogP contribution in [-0.2, 0) is 0 Å². The number of rotatable bonds is 6. The monoisotopic (exact) mass is 268 g/mol. The molecule has 2 aromatic rings. The van der Waals surface area contributed by atoms with Gasteiger partial charge in [0.15, 0.2) is 5.78 Å². The second kappa shape index (κ2) is 6.75. The molecule has 3 nitrogen and oxygen atoms in total. The van der Waals surface area contributed by atoms with Gasteiger partial charge in [0.2, 0.25) is 0 Å². The predicted octanol–water partition coefficient (Wildman–Crippen LogP) is 3.37. The summed E-state index contributed by atoms with van der Waals surface area (Å²) in [5.74, 6) is 0.152. The molecule has 104 valence electrons. The zero-order chi connectivity index (χ0) is 14.4. The second-order valence-electron chi connectivity index (χ2n) is 4.71. The molecule has 0 fully saturated rings.